The number of thiophene rings is 1. The molecular weight excluding hydrogens is 470 g/mol. The lowest BCUT2D eigenvalue weighted by molar-refractivity contribution is 0.102. The summed E-state index contributed by atoms with van der Waals surface area (Å²) < 4.78 is 1.46. The van der Waals surface area contributed by atoms with E-state index in [0.717, 1.165) is 21.2 Å². The second-order valence-corrected chi connectivity index (χ2v) is 9.05. The van der Waals surface area contributed by atoms with E-state index in [2.05, 4.69) is 20.4 Å². The van der Waals surface area contributed by atoms with E-state index < -0.39 is 0 Å². The van der Waals surface area contributed by atoms with Crippen molar-refractivity contribution in [1.29, 1.82) is 0 Å². The first-order valence-electron chi connectivity index (χ1n) is 11.3. The number of carbonyl (C=O) groups is 1. The van der Waals surface area contributed by atoms with Gasteiger partial charge in [0.15, 0.2) is 0 Å². The molecule has 0 saturated carbocycles. The highest BCUT2D eigenvalue weighted by molar-refractivity contribution is 7.13. The molecule has 6 aromatic rings. The maximum absolute atomic E-state index is 13.4. The molecule has 0 saturated heterocycles. The van der Waals surface area contributed by atoms with E-state index in [1.807, 2.05) is 84.2 Å². The van der Waals surface area contributed by atoms with Crippen LogP contribution in [0.5, 0.6) is 0 Å². The van der Waals surface area contributed by atoms with Gasteiger partial charge in [0.25, 0.3) is 11.5 Å². The van der Waals surface area contributed by atoms with E-state index in [0.29, 0.717) is 22.8 Å². The molecule has 8 heteroatoms. The number of H-pyrrole nitrogens is 1. The van der Waals surface area contributed by atoms with Gasteiger partial charge in [-0.1, -0.05) is 72.8 Å². The van der Waals surface area contributed by atoms with Crippen molar-refractivity contribution >= 4 is 33.8 Å². The molecule has 0 atom stereocenters. The summed E-state index contributed by atoms with van der Waals surface area (Å²) in [5.74, 6) is 0.314. The van der Waals surface area contributed by atoms with Gasteiger partial charge in [-0.15, -0.1) is 11.3 Å². The second-order valence-electron chi connectivity index (χ2n) is 8.11. The van der Waals surface area contributed by atoms with E-state index in [9.17, 15) is 9.59 Å². The van der Waals surface area contributed by atoms with Gasteiger partial charge < -0.3 is 5.32 Å². The van der Waals surface area contributed by atoms with Gasteiger partial charge in [-0.25, -0.2) is 4.98 Å². The van der Waals surface area contributed by atoms with Gasteiger partial charge in [-0.05, 0) is 28.3 Å². The SMILES string of the molecule is O=C(Nc1cc(-c2cccs2)nn1-c1nc(-c2ccccc2)cc(=O)[nH]1)c1cccc2ccccc12. The molecule has 36 heavy (non-hydrogen) atoms. The molecule has 7 nitrogen and oxygen atoms in total. The van der Waals surface area contributed by atoms with Crippen LogP contribution in [0.1, 0.15) is 10.4 Å². The highest BCUT2D eigenvalue weighted by Crippen LogP contribution is 2.28. The fourth-order valence-corrected chi connectivity index (χ4v) is 4.77. The highest BCUT2D eigenvalue weighted by Gasteiger charge is 2.18. The minimum absolute atomic E-state index is 0.206. The van der Waals surface area contributed by atoms with Gasteiger partial charge in [-0.2, -0.15) is 9.78 Å². The Morgan fingerprint density at radius 3 is 2.50 bits per heavy atom. The summed E-state index contributed by atoms with van der Waals surface area (Å²) in [7, 11) is 0. The van der Waals surface area contributed by atoms with Crippen LogP contribution in [0.15, 0.2) is 107 Å². The number of amides is 1. The third kappa shape index (κ3) is 4.10. The number of fused-ring (bicyclic) bond motifs is 1. The number of benzene rings is 3. The van der Waals surface area contributed by atoms with Crippen molar-refractivity contribution in [2.75, 3.05) is 5.32 Å². The van der Waals surface area contributed by atoms with Crippen LogP contribution in [-0.2, 0) is 0 Å². The van der Waals surface area contributed by atoms with Crippen molar-refractivity contribution in [3.8, 4) is 27.8 Å². The third-order valence-electron chi connectivity index (χ3n) is 5.76. The Morgan fingerprint density at radius 2 is 1.67 bits per heavy atom. The van der Waals surface area contributed by atoms with Crippen LogP contribution >= 0.6 is 11.3 Å². The van der Waals surface area contributed by atoms with Crippen LogP contribution in [0.25, 0.3) is 38.5 Å². The lowest BCUT2D eigenvalue weighted by atomic mass is 10.0. The Morgan fingerprint density at radius 1 is 0.861 bits per heavy atom. The van der Waals surface area contributed by atoms with Crippen LogP contribution in [0.2, 0.25) is 0 Å². The zero-order valence-corrected chi connectivity index (χ0v) is 19.7. The summed E-state index contributed by atoms with van der Waals surface area (Å²) in [4.78, 5) is 34.3. The minimum Gasteiger partial charge on any atom is -0.306 e. The van der Waals surface area contributed by atoms with Crippen LogP contribution in [0, 0.1) is 0 Å². The van der Waals surface area contributed by atoms with Crippen LogP contribution < -0.4 is 10.9 Å². The Kier molecular flexibility index (Phi) is 5.48. The number of nitrogens with zero attached hydrogens (tertiary/aromatic N) is 3. The molecule has 0 aliphatic heterocycles. The predicted octanol–water partition coefficient (Wildman–Crippen LogP) is 5.76. The Labute approximate surface area is 209 Å². The molecule has 0 unspecified atom stereocenters. The van der Waals surface area contributed by atoms with E-state index in [4.69, 9.17) is 0 Å². The summed E-state index contributed by atoms with van der Waals surface area (Å²) >= 11 is 1.53. The van der Waals surface area contributed by atoms with Crippen molar-refractivity contribution in [2.45, 2.75) is 0 Å². The van der Waals surface area contributed by atoms with E-state index in [-0.39, 0.29) is 17.4 Å². The normalized spacial score (nSPS) is 11.0. The number of hydrogen-bond acceptors (Lipinski definition) is 5. The van der Waals surface area contributed by atoms with E-state index in [1.54, 1.807) is 12.1 Å². The largest absolute Gasteiger partial charge is 0.306 e. The number of anilines is 1. The van der Waals surface area contributed by atoms with Gasteiger partial charge in [-0.3, -0.25) is 14.6 Å². The fraction of sp³-hybridized carbons (Fsp3) is 0. The van der Waals surface area contributed by atoms with Crippen LogP contribution in [0.4, 0.5) is 5.82 Å². The molecule has 2 N–H and O–H groups in total. The average Bonchev–Trinajstić information content (AvgIpc) is 3.59. The predicted molar refractivity (Wildman–Crippen MR) is 143 cm³/mol. The number of carbonyl (C=O) groups excluding carboxylic acids is 1. The Hall–Kier alpha value is -4.82. The summed E-state index contributed by atoms with van der Waals surface area (Å²) in [5.41, 5.74) is 2.19. The average molecular weight is 490 g/mol. The lowest BCUT2D eigenvalue weighted by Crippen LogP contribution is -2.19. The second kappa shape index (κ2) is 9.09. The lowest BCUT2D eigenvalue weighted by Gasteiger charge is -2.10. The molecule has 3 heterocycles. The van der Waals surface area contributed by atoms with Crippen molar-refractivity contribution < 1.29 is 4.79 Å². The Balaban J connectivity index is 1.46. The molecule has 0 fully saturated rings. The molecular formula is C28H19N5O2S. The highest BCUT2D eigenvalue weighted by atomic mass is 32.1. The summed E-state index contributed by atoms with van der Waals surface area (Å²) in [6.45, 7) is 0. The number of hydrogen-bond donors (Lipinski definition) is 2. The smallest absolute Gasteiger partial charge is 0.257 e. The monoisotopic (exact) mass is 489 g/mol. The first-order chi connectivity index (χ1) is 17.7. The molecule has 1 amide bonds. The zero-order valence-electron chi connectivity index (χ0n) is 18.9. The molecule has 6 rings (SSSR count). The standard InChI is InChI=1S/C28H19N5O2S/c34-26-17-22(19-9-2-1-3-10-19)29-28(31-26)33-25(16-23(32-33)24-14-7-15-36-24)30-27(35)21-13-6-11-18-8-4-5-12-20(18)21/h1-17H,(H,30,35)(H,29,31,34). The van der Waals surface area contributed by atoms with E-state index >= 15 is 0 Å². The van der Waals surface area contributed by atoms with Crippen molar-refractivity contribution in [1.82, 2.24) is 19.7 Å². The molecule has 0 bridgehead atoms. The maximum Gasteiger partial charge on any atom is 0.257 e. The molecule has 0 aliphatic rings. The fourth-order valence-electron chi connectivity index (χ4n) is 4.09. The molecule has 174 valence electrons. The van der Waals surface area contributed by atoms with Crippen LogP contribution in [-0.4, -0.2) is 25.7 Å². The molecule has 0 spiro atoms. The molecule has 0 aliphatic carbocycles. The van der Waals surface area contributed by atoms with Gasteiger partial charge in [0.1, 0.15) is 11.5 Å². The number of nitrogens with one attached hydrogen (secondary N) is 2. The first-order valence-corrected chi connectivity index (χ1v) is 12.1. The topological polar surface area (TPSA) is 92.7 Å². The summed E-state index contributed by atoms with van der Waals surface area (Å²) in [6.07, 6.45) is 0. The minimum atomic E-state index is -0.321. The quantitative estimate of drug-likeness (QED) is 0.322. The number of aromatic amines is 1. The van der Waals surface area contributed by atoms with Crippen molar-refractivity contribution in [3.63, 3.8) is 0 Å². The van der Waals surface area contributed by atoms with Gasteiger partial charge >= 0.3 is 0 Å². The summed E-state index contributed by atoms with van der Waals surface area (Å²) in [5, 5.41) is 11.4. The van der Waals surface area contributed by atoms with Gasteiger partial charge in [0.05, 0.1) is 10.6 Å². The zero-order chi connectivity index (χ0) is 24.5. The number of aromatic nitrogens is 4. The molecule has 0 radical (unpaired) electrons. The maximum atomic E-state index is 13.4. The molecule has 3 aromatic heterocycles. The van der Waals surface area contributed by atoms with Crippen molar-refractivity contribution in [2.24, 2.45) is 0 Å². The summed E-state index contributed by atoms with van der Waals surface area (Å²) in [6, 6.07) is 29.9. The number of rotatable bonds is 5. The van der Waals surface area contributed by atoms with Crippen molar-refractivity contribution in [3.05, 3.63) is 118 Å². The van der Waals surface area contributed by atoms with Gasteiger partial charge in [0.2, 0.25) is 5.95 Å². The first kappa shape index (κ1) is 21.7. The third-order valence-corrected chi connectivity index (χ3v) is 6.65. The van der Waals surface area contributed by atoms with E-state index in [1.165, 1.54) is 22.1 Å². The Bertz CT molecular complexity index is 1750. The molecule has 3 aromatic carbocycles. The van der Waals surface area contributed by atoms with Gasteiger partial charge in [0, 0.05) is 23.3 Å². The van der Waals surface area contributed by atoms with Crippen LogP contribution in [0.3, 0.4) is 0 Å².